The quantitative estimate of drug-likeness (QED) is 0.762. The summed E-state index contributed by atoms with van der Waals surface area (Å²) in [5.41, 5.74) is 1.48. The van der Waals surface area contributed by atoms with Crippen molar-refractivity contribution < 1.29 is 14.3 Å². The second-order valence-electron chi connectivity index (χ2n) is 5.31. The van der Waals surface area contributed by atoms with Crippen LogP contribution in [0.3, 0.4) is 0 Å². The predicted molar refractivity (Wildman–Crippen MR) is 89.8 cm³/mol. The summed E-state index contributed by atoms with van der Waals surface area (Å²) in [6.07, 6.45) is 5.17. The van der Waals surface area contributed by atoms with E-state index < -0.39 is 0 Å². The largest absolute Gasteiger partial charge is 0.454 e. The van der Waals surface area contributed by atoms with Crippen molar-refractivity contribution in [2.75, 3.05) is 12.1 Å². The first kappa shape index (κ1) is 15.0. The Bertz CT molecular complexity index is 895. The number of nitrogens with zero attached hydrogens (tertiary/aromatic N) is 3. The fraction of sp³-hybridized carbons (Fsp3) is 0.118. The lowest BCUT2D eigenvalue weighted by Crippen LogP contribution is -2.28. The van der Waals surface area contributed by atoms with Crippen LogP contribution in [0.4, 0.5) is 10.5 Å². The predicted octanol–water partition coefficient (Wildman–Crippen LogP) is 2.32. The molecule has 0 fully saturated rings. The number of fused-ring (bicyclic) bond motifs is 1. The number of anilines is 1. The number of aromatic nitrogens is 3. The summed E-state index contributed by atoms with van der Waals surface area (Å²) in [6, 6.07) is 10.4. The van der Waals surface area contributed by atoms with Crippen molar-refractivity contribution in [3.05, 3.63) is 60.6 Å². The summed E-state index contributed by atoms with van der Waals surface area (Å²) >= 11 is 0. The SMILES string of the molecule is O=C(NCc1cccnc1-n1cccn1)Nc1ccc2c(c1)OCO2. The summed E-state index contributed by atoms with van der Waals surface area (Å²) in [7, 11) is 0. The fourth-order valence-electron chi connectivity index (χ4n) is 2.49. The Labute approximate surface area is 143 Å². The maximum Gasteiger partial charge on any atom is 0.319 e. The molecule has 1 aromatic carbocycles. The molecule has 0 spiro atoms. The van der Waals surface area contributed by atoms with Crippen LogP contribution in [0.2, 0.25) is 0 Å². The molecule has 0 aliphatic carbocycles. The number of benzene rings is 1. The molecule has 0 saturated heterocycles. The van der Waals surface area contributed by atoms with E-state index in [0.717, 1.165) is 5.56 Å². The smallest absolute Gasteiger partial charge is 0.319 e. The van der Waals surface area contributed by atoms with Crippen LogP contribution < -0.4 is 20.1 Å². The summed E-state index contributed by atoms with van der Waals surface area (Å²) < 4.78 is 12.2. The van der Waals surface area contributed by atoms with Crippen molar-refractivity contribution in [1.82, 2.24) is 20.1 Å². The molecule has 25 heavy (non-hydrogen) atoms. The van der Waals surface area contributed by atoms with Crippen LogP contribution in [0.25, 0.3) is 5.82 Å². The van der Waals surface area contributed by atoms with E-state index in [2.05, 4.69) is 20.7 Å². The van der Waals surface area contributed by atoms with E-state index in [9.17, 15) is 4.79 Å². The molecule has 1 aliphatic heterocycles. The van der Waals surface area contributed by atoms with Crippen molar-refractivity contribution in [2.45, 2.75) is 6.54 Å². The molecule has 3 aromatic rings. The number of urea groups is 1. The topological polar surface area (TPSA) is 90.3 Å². The van der Waals surface area contributed by atoms with Gasteiger partial charge in [0.25, 0.3) is 0 Å². The standard InChI is InChI=1S/C17H15N5O3/c23-17(21-13-4-5-14-15(9-13)25-11-24-14)19-10-12-3-1-6-18-16(12)22-8-2-7-20-22/h1-9H,10-11H2,(H2,19,21,23). The van der Waals surface area contributed by atoms with Gasteiger partial charge in [0.15, 0.2) is 17.3 Å². The Hall–Kier alpha value is -3.55. The van der Waals surface area contributed by atoms with Gasteiger partial charge in [-0.15, -0.1) is 0 Å². The molecule has 0 unspecified atom stereocenters. The molecule has 2 N–H and O–H groups in total. The van der Waals surface area contributed by atoms with Gasteiger partial charge in [-0.1, -0.05) is 6.07 Å². The molecule has 4 rings (SSSR count). The first-order valence-electron chi connectivity index (χ1n) is 7.68. The van der Waals surface area contributed by atoms with E-state index in [1.165, 1.54) is 0 Å². The van der Waals surface area contributed by atoms with Crippen LogP contribution in [-0.4, -0.2) is 27.6 Å². The molecular formula is C17H15N5O3. The second kappa shape index (κ2) is 6.52. The number of carbonyl (C=O) groups excluding carboxylic acids is 1. The Kier molecular flexibility index (Phi) is 3.91. The third-order valence-electron chi connectivity index (χ3n) is 3.66. The molecule has 3 heterocycles. The molecule has 2 amide bonds. The van der Waals surface area contributed by atoms with Gasteiger partial charge in [-0.3, -0.25) is 0 Å². The van der Waals surface area contributed by atoms with Crippen LogP contribution in [0.15, 0.2) is 55.0 Å². The van der Waals surface area contributed by atoms with E-state index in [0.29, 0.717) is 29.5 Å². The lowest BCUT2D eigenvalue weighted by molar-refractivity contribution is 0.174. The normalized spacial score (nSPS) is 12.0. The maximum atomic E-state index is 12.1. The van der Waals surface area contributed by atoms with Crippen molar-refractivity contribution in [3.8, 4) is 17.3 Å². The van der Waals surface area contributed by atoms with E-state index in [4.69, 9.17) is 9.47 Å². The first-order chi connectivity index (χ1) is 12.3. The number of rotatable bonds is 4. The zero-order valence-corrected chi connectivity index (χ0v) is 13.2. The lowest BCUT2D eigenvalue weighted by Gasteiger charge is -2.11. The zero-order valence-electron chi connectivity index (χ0n) is 13.2. The van der Waals surface area contributed by atoms with Crippen LogP contribution in [0.1, 0.15) is 5.56 Å². The van der Waals surface area contributed by atoms with Crippen molar-refractivity contribution in [3.63, 3.8) is 0 Å². The van der Waals surface area contributed by atoms with Gasteiger partial charge in [0.05, 0.1) is 0 Å². The molecule has 0 saturated carbocycles. The number of hydrogen-bond donors (Lipinski definition) is 2. The summed E-state index contributed by atoms with van der Waals surface area (Å²) in [5, 5.41) is 9.76. The Balaban J connectivity index is 1.41. The average Bonchev–Trinajstić information content (AvgIpc) is 3.31. The van der Waals surface area contributed by atoms with Gasteiger partial charge in [0.1, 0.15) is 0 Å². The van der Waals surface area contributed by atoms with Crippen LogP contribution >= 0.6 is 0 Å². The van der Waals surface area contributed by atoms with Crippen LogP contribution in [0, 0.1) is 0 Å². The molecular weight excluding hydrogens is 322 g/mol. The Morgan fingerprint density at radius 2 is 2.08 bits per heavy atom. The molecule has 0 atom stereocenters. The average molecular weight is 337 g/mol. The van der Waals surface area contributed by atoms with E-state index in [-0.39, 0.29) is 12.8 Å². The molecule has 8 heteroatoms. The van der Waals surface area contributed by atoms with Gasteiger partial charge >= 0.3 is 6.03 Å². The van der Waals surface area contributed by atoms with Crippen LogP contribution in [-0.2, 0) is 6.54 Å². The first-order valence-corrected chi connectivity index (χ1v) is 7.68. The van der Waals surface area contributed by atoms with Gasteiger partial charge in [0.2, 0.25) is 6.79 Å². The molecule has 2 aromatic heterocycles. The minimum absolute atomic E-state index is 0.197. The third kappa shape index (κ3) is 3.23. The fourth-order valence-corrected chi connectivity index (χ4v) is 2.49. The Morgan fingerprint density at radius 3 is 2.96 bits per heavy atom. The molecule has 0 radical (unpaired) electrons. The molecule has 8 nitrogen and oxygen atoms in total. The number of pyridine rings is 1. The second-order valence-corrected chi connectivity index (χ2v) is 5.31. The molecule has 1 aliphatic rings. The van der Waals surface area contributed by atoms with E-state index >= 15 is 0 Å². The van der Waals surface area contributed by atoms with E-state index in [1.807, 2.05) is 18.2 Å². The third-order valence-corrected chi connectivity index (χ3v) is 3.66. The highest BCUT2D eigenvalue weighted by molar-refractivity contribution is 5.89. The maximum absolute atomic E-state index is 12.1. The number of nitrogens with one attached hydrogen (secondary N) is 2. The summed E-state index contributed by atoms with van der Waals surface area (Å²) in [6.45, 7) is 0.515. The summed E-state index contributed by atoms with van der Waals surface area (Å²) in [4.78, 5) is 16.5. The number of ether oxygens (including phenoxy) is 2. The van der Waals surface area contributed by atoms with Gasteiger partial charge in [-0.25, -0.2) is 14.5 Å². The molecule has 0 bridgehead atoms. The van der Waals surface area contributed by atoms with Crippen molar-refractivity contribution in [1.29, 1.82) is 0 Å². The van der Waals surface area contributed by atoms with Crippen molar-refractivity contribution >= 4 is 11.7 Å². The van der Waals surface area contributed by atoms with Gasteiger partial charge in [-0.05, 0) is 24.3 Å². The highest BCUT2D eigenvalue weighted by Gasteiger charge is 2.14. The monoisotopic (exact) mass is 337 g/mol. The van der Waals surface area contributed by atoms with Crippen LogP contribution in [0.5, 0.6) is 11.5 Å². The minimum Gasteiger partial charge on any atom is -0.454 e. The van der Waals surface area contributed by atoms with Gasteiger partial charge < -0.3 is 20.1 Å². The number of hydrogen-bond acceptors (Lipinski definition) is 5. The van der Waals surface area contributed by atoms with E-state index in [1.54, 1.807) is 41.5 Å². The highest BCUT2D eigenvalue weighted by Crippen LogP contribution is 2.34. The van der Waals surface area contributed by atoms with Gasteiger partial charge in [0, 0.05) is 42.5 Å². The Morgan fingerprint density at radius 1 is 1.16 bits per heavy atom. The number of carbonyl (C=O) groups is 1. The summed E-state index contributed by atoms with van der Waals surface area (Å²) in [5.74, 6) is 1.96. The minimum atomic E-state index is -0.325. The number of amides is 2. The highest BCUT2D eigenvalue weighted by atomic mass is 16.7. The lowest BCUT2D eigenvalue weighted by atomic mass is 10.2. The zero-order chi connectivity index (χ0) is 17.1. The van der Waals surface area contributed by atoms with Gasteiger partial charge in [-0.2, -0.15) is 5.10 Å². The molecule has 126 valence electrons. The van der Waals surface area contributed by atoms with Crippen molar-refractivity contribution in [2.24, 2.45) is 0 Å².